The van der Waals surface area contributed by atoms with Gasteiger partial charge in [-0.1, -0.05) is 6.92 Å². The fourth-order valence-electron chi connectivity index (χ4n) is 3.34. The number of primary amides is 1. The van der Waals surface area contributed by atoms with E-state index in [2.05, 4.69) is 6.92 Å². The molecule has 0 radical (unpaired) electrons. The highest BCUT2D eigenvalue weighted by molar-refractivity contribution is 5.80. The first-order chi connectivity index (χ1) is 8.93. The Kier molecular flexibility index (Phi) is 4.48. The predicted molar refractivity (Wildman–Crippen MR) is 72.6 cm³/mol. The van der Waals surface area contributed by atoms with Gasteiger partial charge in [-0.25, -0.2) is 0 Å². The van der Waals surface area contributed by atoms with Crippen LogP contribution in [-0.4, -0.2) is 53.9 Å². The molecule has 0 unspecified atom stereocenters. The van der Waals surface area contributed by atoms with Crippen molar-refractivity contribution in [1.29, 1.82) is 0 Å². The second-order valence-electron chi connectivity index (χ2n) is 6.35. The molecular formula is C14H26N2O3. The number of likely N-dealkylation sites (tertiary alicyclic amines) is 1. The summed E-state index contributed by atoms with van der Waals surface area (Å²) < 4.78 is 5.33. The van der Waals surface area contributed by atoms with E-state index in [1.54, 1.807) is 7.11 Å². The average Bonchev–Trinajstić information content (AvgIpc) is 2.76. The van der Waals surface area contributed by atoms with Gasteiger partial charge in [0.25, 0.3) is 0 Å². The number of rotatable bonds is 4. The topological polar surface area (TPSA) is 75.8 Å². The van der Waals surface area contributed by atoms with E-state index in [1.165, 1.54) is 0 Å². The molecule has 0 spiro atoms. The number of nitrogens with zero attached hydrogens (tertiary/aromatic N) is 1. The molecule has 3 N–H and O–H groups in total. The van der Waals surface area contributed by atoms with E-state index >= 15 is 0 Å². The van der Waals surface area contributed by atoms with E-state index in [4.69, 9.17) is 10.5 Å². The molecule has 5 nitrogen and oxygen atoms in total. The molecule has 0 aromatic heterocycles. The molecule has 1 amide bonds. The number of ether oxygens (including phenoxy) is 1. The first kappa shape index (κ1) is 14.8. The van der Waals surface area contributed by atoms with Crippen LogP contribution in [0.15, 0.2) is 0 Å². The summed E-state index contributed by atoms with van der Waals surface area (Å²) in [6.45, 7) is 3.44. The van der Waals surface area contributed by atoms with Crippen LogP contribution in [0.4, 0.5) is 0 Å². The number of β-amino-alcohol motifs (C(OH)–C–C–N with tert-alkyl or cyclic N) is 1. The van der Waals surface area contributed by atoms with Crippen LogP contribution in [-0.2, 0) is 9.53 Å². The van der Waals surface area contributed by atoms with Crippen molar-refractivity contribution in [1.82, 2.24) is 4.90 Å². The fraction of sp³-hybridized carbons (Fsp3) is 0.929. The number of hydrogen-bond donors (Lipinski definition) is 2. The second-order valence-corrected chi connectivity index (χ2v) is 6.35. The Balaban J connectivity index is 1.98. The maximum absolute atomic E-state index is 11.5. The average molecular weight is 270 g/mol. The minimum Gasteiger partial charge on any atom is -0.389 e. The summed E-state index contributed by atoms with van der Waals surface area (Å²) in [6, 6.07) is -0.298. The van der Waals surface area contributed by atoms with Crippen molar-refractivity contribution < 1.29 is 14.6 Å². The molecule has 0 bridgehead atoms. The van der Waals surface area contributed by atoms with Gasteiger partial charge in [-0.15, -0.1) is 0 Å². The highest BCUT2D eigenvalue weighted by atomic mass is 16.5. The molecule has 1 aliphatic heterocycles. The van der Waals surface area contributed by atoms with Gasteiger partial charge >= 0.3 is 0 Å². The number of carbonyl (C=O) groups is 1. The van der Waals surface area contributed by atoms with Crippen molar-refractivity contribution in [3.63, 3.8) is 0 Å². The van der Waals surface area contributed by atoms with Crippen molar-refractivity contribution in [2.45, 2.75) is 56.8 Å². The smallest absolute Gasteiger partial charge is 0.234 e. The van der Waals surface area contributed by atoms with Crippen molar-refractivity contribution in [2.24, 2.45) is 11.7 Å². The third-order valence-corrected chi connectivity index (χ3v) is 4.73. The zero-order chi connectivity index (χ0) is 14.0. The Bertz CT molecular complexity index is 327. The van der Waals surface area contributed by atoms with Crippen molar-refractivity contribution >= 4 is 5.91 Å². The molecule has 2 fully saturated rings. The molecule has 5 heteroatoms. The monoisotopic (exact) mass is 270 g/mol. The van der Waals surface area contributed by atoms with E-state index in [0.29, 0.717) is 25.4 Å². The lowest BCUT2D eigenvalue weighted by atomic mass is 9.79. The molecule has 1 saturated carbocycles. The molecule has 0 aromatic rings. The summed E-state index contributed by atoms with van der Waals surface area (Å²) in [5.41, 5.74) is 4.79. The largest absolute Gasteiger partial charge is 0.389 e. The van der Waals surface area contributed by atoms with Gasteiger partial charge < -0.3 is 15.6 Å². The molecule has 1 saturated heterocycles. The van der Waals surface area contributed by atoms with Crippen LogP contribution in [0.3, 0.4) is 0 Å². The molecule has 1 heterocycles. The molecule has 110 valence electrons. The SMILES string of the molecule is CO[C@H]1C[C@@H](C(N)=O)N(CC2(O)CCC(C)CC2)C1. The lowest BCUT2D eigenvalue weighted by Gasteiger charge is -2.38. The lowest BCUT2D eigenvalue weighted by Crippen LogP contribution is -2.50. The first-order valence-electron chi connectivity index (χ1n) is 7.22. The van der Waals surface area contributed by atoms with Crippen molar-refractivity contribution in [2.75, 3.05) is 20.2 Å². The van der Waals surface area contributed by atoms with Gasteiger partial charge in [-0.05, 0) is 38.0 Å². The number of methoxy groups -OCH3 is 1. The summed E-state index contributed by atoms with van der Waals surface area (Å²) in [7, 11) is 1.66. The van der Waals surface area contributed by atoms with Gasteiger partial charge in [0.15, 0.2) is 0 Å². The molecule has 0 aromatic carbocycles. The van der Waals surface area contributed by atoms with Gasteiger partial charge in [-0.3, -0.25) is 9.69 Å². The number of aliphatic hydroxyl groups is 1. The van der Waals surface area contributed by atoms with E-state index in [1.807, 2.05) is 4.90 Å². The van der Waals surface area contributed by atoms with Gasteiger partial charge in [0.1, 0.15) is 0 Å². The maximum atomic E-state index is 11.5. The van der Waals surface area contributed by atoms with E-state index in [9.17, 15) is 9.90 Å². The Morgan fingerprint density at radius 1 is 1.47 bits per heavy atom. The Hall–Kier alpha value is -0.650. The van der Waals surface area contributed by atoms with Gasteiger partial charge in [-0.2, -0.15) is 0 Å². The fourth-order valence-corrected chi connectivity index (χ4v) is 3.34. The number of nitrogens with two attached hydrogens (primary N) is 1. The molecule has 2 atom stereocenters. The highest BCUT2D eigenvalue weighted by Crippen LogP contribution is 2.34. The normalized spacial score (nSPS) is 40.5. The minimum absolute atomic E-state index is 0.0450. The zero-order valence-corrected chi connectivity index (χ0v) is 12.0. The minimum atomic E-state index is -0.664. The lowest BCUT2D eigenvalue weighted by molar-refractivity contribution is -0.123. The Morgan fingerprint density at radius 2 is 2.11 bits per heavy atom. The molecule has 2 rings (SSSR count). The predicted octanol–water partition coefficient (Wildman–Crippen LogP) is 0.502. The van der Waals surface area contributed by atoms with E-state index < -0.39 is 5.60 Å². The maximum Gasteiger partial charge on any atom is 0.234 e. The molecular weight excluding hydrogens is 244 g/mol. The molecule has 1 aliphatic carbocycles. The van der Waals surface area contributed by atoms with Crippen LogP contribution in [0, 0.1) is 5.92 Å². The van der Waals surface area contributed by atoms with Crippen LogP contribution in [0.5, 0.6) is 0 Å². The van der Waals surface area contributed by atoms with Gasteiger partial charge in [0, 0.05) is 20.2 Å². The number of carbonyl (C=O) groups excluding carboxylic acids is 1. The summed E-state index contributed by atoms with van der Waals surface area (Å²) in [5.74, 6) is 0.379. The number of hydrogen-bond acceptors (Lipinski definition) is 4. The van der Waals surface area contributed by atoms with Crippen molar-refractivity contribution in [3.05, 3.63) is 0 Å². The van der Waals surface area contributed by atoms with Crippen LogP contribution in [0.25, 0.3) is 0 Å². The van der Waals surface area contributed by atoms with Crippen LogP contribution < -0.4 is 5.73 Å². The van der Waals surface area contributed by atoms with E-state index in [0.717, 1.165) is 25.7 Å². The van der Waals surface area contributed by atoms with Crippen molar-refractivity contribution in [3.8, 4) is 0 Å². The van der Waals surface area contributed by atoms with Gasteiger partial charge in [0.05, 0.1) is 17.7 Å². The summed E-state index contributed by atoms with van der Waals surface area (Å²) in [5, 5.41) is 10.7. The second kappa shape index (κ2) is 5.77. The number of amides is 1. The van der Waals surface area contributed by atoms with Gasteiger partial charge in [0.2, 0.25) is 5.91 Å². The van der Waals surface area contributed by atoms with Crippen LogP contribution >= 0.6 is 0 Å². The Morgan fingerprint density at radius 3 is 2.63 bits per heavy atom. The first-order valence-corrected chi connectivity index (χ1v) is 7.22. The Labute approximate surface area is 115 Å². The quantitative estimate of drug-likeness (QED) is 0.780. The van der Waals surface area contributed by atoms with Crippen LogP contribution in [0.1, 0.15) is 39.0 Å². The van der Waals surface area contributed by atoms with Crippen LogP contribution in [0.2, 0.25) is 0 Å². The third-order valence-electron chi connectivity index (χ3n) is 4.73. The van der Waals surface area contributed by atoms with E-state index in [-0.39, 0.29) is 18.1 Å². The highest BCUT2D eigenvalue weighted by Gasteiger charge is 2.41. The zero-order valence-electron chi connectivity index (χ0n) is 12.0. The molecule has 2 aliphatic rings. The summed E-state index contributed by atoms with van der Waals surface area (Å²) in [4.78, 5) is 13.5. The standard InChI is InChI=1S/C14H26N2O3/c1-10-3-5-14(18,6-4-10)9-16-8-11(19-2)7-12(16)13(15)17/h10-12,18H,3-9H2,1-2H3,(H2,15,17)/t10?,11-,12-,14?/m0/s1. The summed E-state index contributed by atoms with van der Waals surface area (Å²) >= 11 is 0. The summed E-state index contributed by atoms with van der Waals surface area (Å²) in [6.07, 6.45) is 4.42. The third kappa shape index (κ3) is 3.46. The molecule has 19 heavy (non-hydrogen) atoms.